The van der Waals surface area contributed by atoms with E-state index in [9.17, 15) is 37.5 Å². The first-order chi connectivity index (χ1) is 16.0. The summed E-state index contributed by atoms with van der Waals surface area (Å²) in [5.41, 5.74) is 0. The van der Waals surface area contributed by atoms with Crippen LogP contribution in [0.1, 0.15) is 51.9 Å². The number of carbonyl (C=O) groups excluding carboxylic acids is 4. The summed E-state index contributed by atoms with van der Waals surface area (Å²) in [7, 11) is 0. The van der Waals surface area contributed by atoms with E-state index in [1.54, 1.807) is 0 Å². The van der Waals surface area contributed by atoms with Crippen molar-refractivity contribution in [3.05, 3.63) is 0 Å². The molecule has 0 aromatic heterocycles. The number of rotatable bonds is 10. The molecule has 12 heteroatoms. The Morgan fingerprint density at radius 3 is 2.62 bits per heavy atom. The van der Waals surface area contributed by atoms with E-state index in [0.29, 0.717) is 32.4 Å². The SMILES string of the molecule is CCCC(O)C(=O)N1C[C@@H]2CCC[C@@H]2[C@H]1C(=O)NC(C[C@@H]1CCNC1=O)C(=O)COC(F)(F)F. The maximum Gasteiger partial charge on any atom is 0.522 e. The Labute approximate surface area is 195 Å². The molecular formula is C22H32F3N3O6. The molecule has 2 heterocycles. The summed E-state index contributed by atoms with van der Waals surface area (Å²) in [4.78, 5) is 52.1. The predicted octanol–water partition coefficient (Wildman–Crippen LogP) is 0.891. The molecule has 6 atom stereocenters. The number of hydrogen-bond donors (Lipinski definition) is 3. The topological polar surface area (TPSA) is 125 Å². The van der Waals surface area contributed by atoms with Crippen LogP contribution in [-0.2, 0) is 23.9 Å². The number of amides is 3. The van der Waals surface area contributed by atoms with Gasteiger partial charge in [0, 0.05) is 19.0 Å². The van der Waals surface area contributed by atoms with E-state index in [4.69, 9.17) is 0 Å². The Kier molecular flexibility index (Phi) is 8.56. The van der Waals surface area contributed by atoms with E-state index in [2.05, 4.69) is 15.4 Å². The first-order valence-corrected chi connectivity index (χ1v) is 11.8. The van der Waals surface area contributed by atoms with Crippen LogP contribution in [0.5, 0.6) is 0 Å². The zero-order valence-electron chi connectivity index (χ0n) is 19.1. The van der Waals surface area contributed by atoms with Crippen molar-refractivity contribution in [2.24, 2.45) is 17.8 Å². The van der Waals surface area contributed by atoms with Gasteiger partial charge in [-0.1, -0.05) is 19.8 Å². The molecule has 9 nitrogen and oxygen atoms in total. The van der Waals surface area contributed by atoms with Crippen LogP contribution in [0, 0.1) is 17.8 Å². The van der Waals surface area contributed by atoms with Crippen molar-refractivity contribution in [1.82, 2.24) is 15.5 Å². The number of halogens is 3. The number of fused-ring (bicyclic) bond motifs is 1. The summed E-state index contributed by atoms with van der Waals surface area (Å²) in [5, 5.41) is 15.4. The van der Waals surface area contributed by atoms with Gasteiger partial charge in [0.15, 0.2) is 5.78 Å². The van der Waals surface area contributed by atoms with Crippen LogP contribution in [0.2, 0.25) is 0 Å². The predicted molar refractivity (Wildman–Crippen MR) is 112 cm³/mol. The fraction of sp³-hybridized carbons (Fsp3) is 0.818. The number of ether oxygens (including phenoxy) is 1. The molecule has 2 saturated heterocycles. The number of hydrogen-bond acceptors (Lipinski definition) is 6. The van der Waals surface area contributed by atoms with E-state index >= 15 is 0 Å². The zero-order chi connectivity index (χ0) is 25.0. The van der Waals surface area contributed by atoms with Crippen LogP contribution in [0.25, 0.3) is 0 Å². The molecule has 2 aliphatic heterocycles. The average Bonchev–Trinajstić information content (AvgIpc) is 3.46. The van der Waals surface area contributed by atoms with Crippen molar-refractivity contribution >= 4 is 23.5 Å². The molecule has 0 aromatic rings. The summed E-state index contributed by atoms with van der Waals surface area (Å²) in [5.74, 6) is -3.26. The van der Waals surface area contributed by atoms with Crippen molar-refractivity contribution < 1.29 is 42.2 Å². The number of aliphatic hydroxyl groups excluding tert-OH is 1. The van der Waals surface area contributed by atoms with Gasteiger partial charge in [-0.25, -0.2) is 0 Å². The lowest BCUT2D eigenvalue weighted by Gasteiger charge is -2.30. The highest BCUT2D eigenvalue weighted by molar-refractivity contribution is 5.95. The van der Waals surface area contributed by atoms with Gasteiger partial charge < -0.3 is 20.6 Å². The van der Waals surface area contributed by atoms with Gasteiger partial charge in [0.05, 0.1) is 6.04 Å². The minimum Gasteiger partial charge on any atom is -0.383 e. The van der Waals surface area contributed by atoms with Crippen LogP contribution < -0.4 is 10.6 Å². The molecule has 0 aromatic carbocycles. The second-order valence-electron chi connectivity index (χ2n) is 9.37. The lowest BCUT2D eigenvalue weighted by Crippen LogP contribution is -2.55. The molecule has 3 N–H and O–H groups in total. The maximum atomic E-state index is 13.4. The number of carbonyl (C=O) groups is 4. The maximum absolute atomic E-state index is 13.4. The third kappa shape index (κ3) is 6.26. The molecule has 0 bridgehead atoms. The van der Waals surface area contributed by atoms with Gasteiger partial charge in [0.1, 0.15) is 18.8 Å². The zero-order valence-corrected chi connectivity index (χ0v) is 19.1. The molecule has 3 aliphatic rings. The summed E-state index contributed by atoms with van der Waals surface area (Å²) in [6.07, 6.45) is -2.83. The summed E-state index contributed by atoms with van der Waals surface area (Å²) < 4.78 is 41.1. The molecular weight excluding hydrogens is 459 g/mol. The molecule has 1 aliphatic carbocycles. The van der Waals surface area contributed by atoms with Crippen molar-refractivity contribution in [2.75, 3.05) is 19.7 Å². The second-order valence-corrected chi connectivity index (χ2v) is 9.37. The first kappa shape index (κ1) is 26.4. The Hall–Kier alpha value is -2.21. The van der Waals surface area contributed by atoms with Gasteiger partial charge in [-0.2, -0.15) is 0 Å². The van der Waals surface area contributed by atoms with E-state index < -0.39 is 54.7 Å². The Morgan fingerprint density at radius 1 is 1.26 bits per heavy atom. The van der Waals surface area contributed by atoms with Crippen molar-refractivity contribution in [2.45, 2.75) is 76.4 Å². The van der Waals surface area contributed by atoms with E-state index in [0.717, 1.165) is 12.8 Å². The number of nitrogens with zero attached hydrogens (tertiary/aromatic N) is 1. The number of ketones is 1. The molecule has 34 heavy (non-hydrogen) atoms. The van der Waals surface area contributed by atoms with Crippen molar-refractivity contribution in [3.8, 4) is 0 Å². The molecule has 1 saturated carbocycles. The number of Topliss-reactive ketones (excluding diaryl/α,β-unsaturated/α-hetero) is 1. The minimum atomic E-state index is -5.02. The number of nitrogens with one attached hydrogen (secondary N) is 2. The minimum absolute atomic E-state index is 0.0804. The second kappa shape index (κ2) is 11.0. The molecule has 3 fully saturated rings. The highest BCUT2D eigenvalue weighted by atomic mass is 19.4. The standard InChI is InChI=1S/C22H32F3N3O6/c1-2-4-16(29)21(33)28-10-13-5-3-6-14(13)18(28)20(32)27-15(9-12-7-8-26-19(12)31)17(30)11-34-22(23,24)25/h12-16,18,29H,2-11H2,1H3,(H,26,31)(H,27,32)/t12-,13-,14-,15?,16?,18-/m0/s1. The largest absolute Gasteiger partial charge is 0.522 e. The average molecular weight is 492 g/mol. The van der Waals surface area contributed by atoms with Gasteiger partial charge in [-0.05, 0) is 43.9 Å². The quantitative estimate of drug-likeness (QED) is 0.417. The number of aliphatic hydroxyl groups is 1. The summed E-state index contributed by atoms with van der Waals surface area (Å²) in [6, 6.07) is -2.30. The van der Waals surface area contributed by atoms with E-state index in [1.807, 2.05) is 6.92 Å². The highest BCUT2D eigenvalue weighted by Crippen LogP contribution is 2.42. The van der Waals surface area contributed by atoms with E-state index in [-0.39, 0.29) is 30.6 Å². The number of likely N-dealkylation sites (tertiary alicyclic amines) is 1. The van der Waals surface area contributed by atoms with Crippen LogP contribution in [-0.4, -0.2) is 77.8 Å². The van der Waals surface area contributed by atoms with Crippen LogP contribution in [0.4, 0.5) is 13.2 Å². The van der Waals surface area contributed by atoms with E-state index in [1.165, 1.54) is 4.90 Å². The fourth-order valence-corrected chi connectivity index (χ4v) is 5.39. The molecule has 3 amide bonds. The highest BCUT2D eigenvalue weighted by Gasteiger charge is 2.50. The van der Waals surface area contributed by atoms with Crippen molar-refractivity contribution in [1.29, 1.82) is 0 Å². The Morgan fingerprint density at radius 2 is 2.00 bits per heavy atom. The number of alkyl halides is 3. The van der Waals surface area contributed by atoms with Gasteiger partial charge in [-0.3, -0.25) is 23.9 Å². The van der Waals surface area contributed by atoms with Gasteiger partial charge in [0.25, 0.3) is 5.91 Å². The smallest absolute Gasteiger partial charge is 0.383 e. The van der Waals surface area contributed by atoms with Crippen molar-refractivity contribution in [3.63, 3.8) is 0 Å². The third-order valence-electron chi connectivity index (χ3n) is 7.06. The van der Waals surface area contributed by atoms with Crippen LogP contribution >= 0.6 is 0 Å². The molecule has 0 spiro atoms. The normalized spacial score (nSPS) is 28.4. The monoisotopic (exact) mass is 491 g/mol. The van der Waals surface area contributed by atoms with Gasteiger partial charge >= 0.3 is 6.36 Å². The molecule has 0 radical (unpaired) electrons. The van der Waals surface area contributed by atoms with Gasteiger partial charge in [-0.15, -0.1) is 13.2 Å². The summed E-state index contributed by atoms with van der Waals surface area (Å²) in [6.45, 7) is 1.21. The fourth-order valence-electron chi connectivity index (χ4n) is 5.39. The lowest BCUT2D eigenvalue weighted by atomic mass is 9.92. The van der Waals surface area contributed by atoms with Crippen LogP contribution in [0.15, 0.2) is 0 Å². The Bertz CT molecular complexity index is 792. The third-order valence-corrected chi connectivity index (χ3v) is 7.06. The molecule has 192 valence electrons. The van der Waals surface area contributed by atoms with Crippen LogP contribution in [0.3, 0.4) is 0 Å². The molecule has 2 unspecified atom stereocenters. The lowest BCUT2D eigenvalue weighted by molar-refractivity contribution is -0.321. The molecule has 3 rings (SSSR count). The Balaban J connectivity index is 1.77. The first-order valence-electron chi connectivity index (χ1n) is 11.8. The van der Waals surface area contributed by atoms with Gasteiger partial charge in [0.2, 0.25) is 11.8 Å². The summed E-state index contributed by atoms with van der Waals surface area (Å²) >= 11 is 0.